The fraction of sp³-hybridized carbons (Fsp3) is 0.235. The summed E-state index contributed by atoms with van der Waals surface area (Å²) in [7, 11) is 1.63. The highest BCUT2D eigenvalue weighted by molar-refractivity contribution is 6.30. The lowest BCUT2D eigenvalue weighted by molar-refractivity contribution is -0.129. The van der Waals surface area contributed by atoms with Gasteiger partial charge in [-0.3, -0.25) is 4.79 Å². The Bertz CT molecular complexity index is 651. The number of amides is 1. The van der Waals surface area contributed by atoms with E-state index in [2.05, 4.69) is 0 Å². The summed E-state index contributed by atoms with van der Waals surface area (Å²) in [6.45, 7) is 1.96. The van der Waals surface area contributed by atoms with Gasteiger partial charge in [0.05, 0.1) is 19.1 Å². The van der Waals surface area contributed by atoms with E-state index in [1.807, 2.05) is 60.4 Å². The first-order valence-electron chi connectivity index (χ1n) is 6.84. The molecule has 3 nitrogen and oxygen atoms in total. The molecular formula is C17H16ClNO2. The fourth-order valence-corrected chi connectivity index (χ4v) is 2.89. The molecule has 0 N–H and O–H groups in total. The molecule has 2 aromatic carbocycles. The first-order valence-corrected chi connectivity index (χ1v) is 7.22. The Morgan fingerprint density at radius 1 is 1.05 bits per heavy atom. The SMILES string of the molecule is COc1ccc(N2C(=O)[C@H](C)[C@H]2c2ccc(Cl)cc2)cc1. The summed E-state index contributed by atoms with van der Waals surface area (Å²) in [4.78, 5) is 14.1. The van der Waals surface area contributed by atoms with Gasteiger partial charge in [0, 0.05) is 10.7 Å². The molecule has 0 unspecified atom stereocenters. The van der Waals surface area contributed by atoms with Gasteiger partial charge in [-0.15, -0.1) is 0 Å². The molecule has 1 aliphatic heterocycles. The minimum Gasteiger partial charge on any atom is -0.497 e. The van der Waals surface area contributed by atoms with Gasteiger partial charge in [-0.05, 0) is 42.0 Å². The first kappa shape index (κ1) is 14.0. The van der Waals surface area contributed by atoms with Crippen molar-refractivity contribution < 1.29 is 9.53 Å². The van der Waals surface area contributed by atoms with Crippen molar-refractivity contribution in [2.24, 2.45) is 5.92 Å². The summed E-state index contributed by atoms with van der Waals surface area (Å²) >= 11 is 5.93. The van der Waals surface area contributed by atoms with Gasteiger partial charge in [-0.1, -0.05) is 30.7 Å². The molecule has 0 radical (unpaired) electrons. The molecule has 1 amide bonds. The number of halogens is 1. The minimum atomic E-state index is -0.0201. The number of rotatable bonds is 3. The second-order valence-corrected chi connectivity index (χ2v) is 5.63. The summed E-state index contributed by atoms with van der Waals surface area (Å²) in [6, 6.07) is 15.3. The minimum absolute atomic E-state index is 0.0201. The van der Waals surface area contributed by atoms with Crippen LogP contribution in [0.3, 0.4) is 0 Å². The normalized spacial score (nSPS) is 21.1. The number of hydrogen-bond acceptors (Lipinski definition) is 2. The van der Waals surface area contributed by atoms with Crippen molar-refractivity contribution in [1.29, 1.82) is 0 Å². The van der Waals surface area contributed by atoms with Gasteiger partial charge >= 0.3 is 0 Å². The molecule has 3 rings (SSSR count). The maximum absolute atomic E-state index is 12.2. The van der Waals surface area contributed by atoms with Crippen LogP contribution in [-0.2, 0) is 4.79 Å². The zero-order valence-electron chi connectivity index (χ0n) is 11.9. The number of β-lactam (4-membered cyclic amide) rings is 1. The van der Waals surface area contributed by atoms with Gasteiger partial charge in [0.2, 0.25) is 5.91 Å². The number of nitrogens with zero attached hydrogens (tertiary/aromatic N) is 1. The second-order valence-electron chi connectivity index (χ2n) is 5.19. The van der Waals surface area contributed by atoms with Crippen LogP contribution in [0.1, 0.15) is 18.5 Å². The molecule has 1 saturated heterocycles. The predicted molar refractivity (Wildman–Crippen MR) is 83.8 cm³/mol. The second kappa shape index (κ2) is 5.41. The van der Waals surface area contributed by atoms with Crippen molar-refractivity contribution in [3.63, 3.8) is 0 Å². The van der Waals surface area contributed by atoms with E-state index >= 15 is 0 Å². The third-order valence-corrected chi connectivity index (χ3v) is 4.19. The van der Waals surface area contributed by atoms with Crippen LogP contribution < -0.4 is 9.64 Å². The fourth-order valence-electron chi connectivity index (χ4n) is 2.76. The zero-order valence-corrected chi connectivity index (χ0v) is 12.7. The molecule has 1 heterocycles. The Hall–Kier alpha value is -2.00. The largest absolute Gasteiger partial charge is 0.497 e. The van der Waals surface area contributed by atoms with Gasteiger partial charge in [-0.25, -0.2) is 0 Å². The highest BCUT2D eigenvalue weighted by Gasteiger charge is 2.45. The average molecular weight is 302 g/mol. The maximum atomic E-state index is 12.2. The van der Waals surface area contributed by atoms with Crippen molar-refractivity contribution in [3.05, 3.63) is 59.1 Å². The number of ether oxygens (including phenoxy) is 1. The number of benzene rings is 2. The number of carbonyl (C=O) groups is 1. The standard InChI is InChI=1S/C17H16ClNO2/c1-11-16(12-3-5-13(18)6-4-12)19(17(11)20)14-7-9-15(21-2)10-8-14/h3-11,16H,1-2H3/t11-,16+/m1/s1. The van der Waals surface area contributed by atoms with Gasteiger partial charge in [-0.2, -0.15) is 0 Å². The molecule has 0 spiro atoms. The maximum Gasteiger partial charge on any atom is 0.232 e. The lowest BCUT2D eigenvalue weighted by atomic mass is 9.83. The number of hydrogen-bond donors (Lipinski definition) is 0. The van der Waals surface area contributed by atoms with E-state index in [1.165, 1.54) is 0 Å². The molecule has 0 aromatic heterocycles. The van der Waals surface area contributed by atoms with Crippen LogP contribution in [0.2, 0.25) is 5.02 Å². The number of anilines is 1. The highest BCUT2D eigenvalue weighted by atomic mass is 35.5. The lowest BCUT2D eigenvalue weighted by Crippen LogP contribution is -2.54. The van der Waals surface area contributed by atoms with E-state index in [9.17, 15) is 4.79 Å². The third kappa shape index (κ3) is 2.38. The lowest BCUT2D eigenvalue weighted by Gasteiger charge is -2.46. The molecule has 108 valence electrons. The van der Waals surface area contributed by atoms with Crippen molar-refractivity contribution in [2.75, 3.05) is 12.0 Å². The third-order valence-electron chi connectivity index (χ3n) is 3.94. The van der Waals surface area contributed by atoms with E-state index in [4.69, 9.17) is 16.3 Å². The van der Waals surface area contributed by atoms with Crippen LogP contribution in [-0.4, -0.2) is 13.0 Å². The van der Waals surface area contributed by atoms with E-state index in [1.54, 1.807) is 7.11 Å². The van der Waals surface area contributed by atoms with Crippen LogP contribution >= 0.6 is 11.6 Å². The van der Waals surface area contributed by atoms with E-state index in [0.717, 1.165) is 17.0 Å². The van der Waals surface area contributed by atoms with E-state index in [0.29, 0.717) is 5.02 Å². The van der Waals surface area contributed by atoms with Crippen LogP contribution in [0.4, 0.5) is 5.69 Å². The summed E-state index contributed by atoms with van der Waals surface area (Å²) in [5.74, 6) is 0.899. The smallest absolute Gasteiger partial charge is 0.232 e. The Labute approximate surface area is 129 Å². The molecule has 2 atom stereocenters. The average Bonchev–Trinajstić information content (AvgIpc) is 2.53. The first-order chi connectivity index (χ1) is 10.1. The molecule has 0 aliphatic carbocycles. The zero-order chi connectivity index (χ0) is 15.0. The molecule has 2 aromatic rings. The number of methoxy groups -OCH3 is 1. The van der Waals surface area contributed by atoms with Crippen molar-refractivity contribution in [1.82, 2.24) is 0 Å². The molecule has 4 heteroatoms. The Kier molecular flexibility index (Phi) is 3.60. The van der Waals surface area contributed by atoms with Crippen molar-refractivity contribution in [3.8, 4) is 5.75 Å². The van der Waals surface area contributed by atoms with Gasteiger partial charge in [0.15, 0.2) is 0 Å². The summed E-state index contributed by atoms with van der Waals surface area (Å²) < 4.78 is 5.16. The summed E-state index contributed by atoms with van der Waals surface area (Å²) in [5.41, 5.74) is 1.99. The highest BCUT2D eigenvalue weighted by Crippen LogP contribution is 2.43. The number of carbonyl (C=O) groups excluding carboxylic acids is 1. The van der Waals surface area contributed by atoms with Crippen molar-refractivity contribution >= 4 is 23.2 Å². The molecule has 0 saturated carbocycles. The quantitative estimate of drug-likeness (QED) is 0.800. The predicted octanol–water partition coefficient (Wildman–Crippen LogP) is 4.07. The topological polar surface area (TPSA) is 29.5 Å². The van der Waals surface area contributed by atoms with Gasteiger partial charge in [0.25, 0.3) is 0 Å². The summed E-state index contributed by atoms with van der Waals surface area (Å²) in [6.07, 6.45) is 0. The Balaban J connectivity index is 1.92. The Morgan fingerprint density at radius 3 is 2.24 bits per heavy atom. The van der Waals surface area contributed by atoms with E-state index < -0.39 is 0 Å². The van der Waals surface area contributed by atoms with Crippen LogP contribution in [0, 0.1) is 5.92 Å². The van der Waals surface area contributed by atoms with E-state index in [-0.39, 0.29) is 17.9 Å². The summed E-state index contributed by atoms with van der Waals surface area (Å²) in [5, 5.41) is 0.702. The van der Waals surface area contributed by atoms with Crippen LogP contribution in [0.5, 0.6) is 5.75 Å². The van der Waals surface area contributed by atoms with Crippen LogP contribution in [0.15, 0.2) is 48.5 Å². The Morgan fingerprint density at radius 2 is 1.67 bits per heavy atom. The molecule has 1 aliphatic rings. The molecule has 1 fully saturated rings. The molecule has 0 bridgehead atoms. The van der Waals surface area contributed by atoms with Crippen molar-refractivity contribution in [2.45, 2.75) is 13.0 Å². The van der Waals surface area contributed by atoms with Gasteiger partial charge < -0.3 is 9.64 Å². The van der Waals surface area contributed by atoms with Crippen LogP contribution in [0.25, 0.3) is 0 Å². The molecular weight excluding hydrogens is 286 g/mol. The van der Waals surface area contributed by atoms with Gasteiger partial charge in [0.1, 0.15) is 5.75 Å². The monoisotopic (exact) mass is 301 g/mol. The molecule has 21 heavy (non-hydrogen) atoms.